The van der Waals surface area contributed by atoms with E-state index in [1.807, 2.05) is 20.8 Å². The molecule has 0 amide bonds. The Kier molecular flexibility index (Phi) is 5.12. The first kappa shape index (κ1) is 16.6. The predicted octanol–water partition coefficient (Wildman–Crippen LogP) is 3.29. The second-order valence-corrected chi connectivity index (χ2v) is 8.04. The first-order valence-corrected chi connectivity index (χ1v) is 8.01. The van der Waals surface area contributed by atoms with Crippen LogP contribution < -0.4 is 10.5 Å². The summed E-state index contributed by atoms with van der Waals surface area (Å²) in [5, 5.41) is 0.0431. The van der Waals surface area contributed by atoms with Crippen LogP contribution in [-0.4, -0.2) is 15.0 Å². The van der Waals surface area contributed by atoms with E-state index in [1.165, 1.54) is 12.1 Å². The fourth-order valence-corrected chi connectivity index (χ4v) is 3.73. The number of nitrogens with one attached hydrogen (secondary N) is 1. The number of benzene rings is 1. The molecule has 0 aliphatic carbocycles. The van der Waals surface area contributed by atoms with Crippen LogP contribution in [0.5, 0.6) is 0 Å². The summed E-state index contributed by atoms with van der Waals surface area (Å²) in [6.07, 6.45) is 0.705. The van der Waals surface area contributed by atoms with Gasteiger partial charge in [0.05, 0.1) is 10.0 Å². The maximum absolute atomic E-state index is 12.2. The smallest absolute Gasteiger partial charge is 0.243 e. The molecule has 108 valence electrons. The highest BCUT2D eigenvalue weighted by Crippen LogP contribution is 2.31. The van der Waals surface area contributed by atoms with Crippen molar-refractivity contribution in [3.05, 3.63) is 22.2 Å². The van der Waals surface area contributed by atoms with Crippen molar-refractivity contribution in [1.82, 2.24) is 4.72 Å². The van der Waals surface area contributed by atoms with E-state index in [4.69, 9.17) is 28.9 Å². The maximum Gasteiger partial charge on any atom is 0.243 e. The molecule has 0 atom stereocenters. The van der Waals surface area contributed by atoms with Crippen molar-refractivity contribution < 1.29 is 8.42 Å². The topological polar surface area (TPSA) is 72.2 Å². The molecule has 0 bridgehead atoms. The van der Waals surface area contributed by atoms with Gasteiger partial charge in [0.2, 0.25) is 10.0 Å². The highest BCUT2D eigenvalue weighted by molar-refractivity contribution is 7.89. The van der Waals surface area contributed by atoms with Crippen LogP contribution >= 0.6 is 23.2 Å². The van der Waals surface area contributed by atoms with Crippen molar-refractivity contribution in [1.29, 1.82) is 0 Å². The van der Waals surface area contributed by atoms with Crippen LogP contribution in [-0.2, 0) is 10.0 Å². The Morgan fingerprint density at radius 3 is 2.11 bits per heavy atom. The first-order chi connectivity index (χ1) is 8.53. The van der Waals surface area contributed by atoms with E-state index < -0.39 is 10.0 Å². The molecule has 0 aromatic heterocycles. The molecular formula is C12H18Cl2N2O2S. The standard InChI is InChI=1S/C12H18Cl2N2O2S/c1-12(2,3)4-5-16-19(17,18)11-9(13)6-8(15)7-10(11)14/h6-7,16H,4-5,15H2,1-3H3. The Bertz CT molecular complexity index is 543. The molecule has 0 saturated carbocycles. The fourth-order valence-electron chi connectivity index (χ4n) is 1.47. The number of sulfonamides is 1. The van der Waals surface area contributed by atoms with Crippen molar-refractivity contribution in [2.45, 2.75) is 32.1 Å². The highest BCUT2D eigenvalue weighted by Gasteiger charge is 2.22. The summed E-state index contributed by atoms with van der Waals surface area (Å²) in [7, 11) is -3.73. The third-order valence-corrected chi connectivity index (χ3v) is 4.84. The third-order valence-electron chi connectivity index (χ3n) is 2.46. The minimum atomic E-state index is -3.73. The van der Waals surface area contributed by atoms with Crippen molar-refractivity contribution in [3.8, 4) is 0 Å². The number of anilines is 1. The number of hydrogen-bond acceptors (Lipinski definition) is 3. The lowest BCUT2D eigenvalue weighted by molar-refractivity contribution is 0.378. The second-order valence-electron chi connectivity index (χ2n) is 5.52. The van der Waals surface area contributed by atoms with Gasteiger partial charge in [-0.15, -0.1) is 0 Å². The number of nitrogen functional groups attached to an aromatic ring is 1. The number of halogens is 2. The Hall–Kier alpha value is -0.490. The van der Waals surface area contributed by atoms with Gasteiger partial charge in [0, 0.05) is 12.2 Å². The largest absolute Gasteiger partial charge is 0.399 e. The van der Waals surface area contributed by atoms with Crippen LogP contribution in [0.25, 0.3) is 0 Å². The Morgan fingerprint density at radius 2 is 1.68 bits per heavy atom. The van der Waals surface area contributed by atoms with E-state index in [0.29, 0.717) is 18.7 Å². The Morgan fingerprint density at radius 1 is 1.21 bits per heavy atom. The maximum atomic E-state index is 12.2. The van der Waals surface area contributed by atoms with Crippen LogP contribution in [0.3, 0.4) is 0 Å². The average molecular weight is 325 g/mol. The lowest BCUT2D eigenvalue weighted by Crippen LogP contribution is -2.28. The zero-order valence-electron chi connectivity index (χ0n) is 11.1. The van der Waals surface area contributed by atoms with E-state index in [-0.39, 0.29) is 20.4 Å². The molecule has 3 N–H and O–H groups in total. The van der Waals surface area contributed by atoms with Crippen LogP contribution in [0.1, 0.15) is 27.2 Å². The number of nitrogens with two attached hydrogens (primary N) is 1. The zero-order chi connectivity index (χ0) is 14.8. The molecule has 7 heteroatoms. The quantitative estimate of drug-likeness (QED) is 0.835. The SMILES string of the molecule is CC(C)(C)CCNS(=O)(=O)c1c(Cl)cc(N)cc1Cl. The average Bonchev–Trinajstić information content (AvgIpc) is 2.11. The van der Waals surface area contributed by atoms with Gasteiger partial charge in [-0.2, -0.15) is 0 Å². The van der Waals surface area contributed by atoms with Gasteiger partial charge in [0.15, 0.2) is 0 Å². The molecule has 0 aliphatic rings. The van der Waals surface area contributed by atoms with Crippen LogP contribution in [0.15, 0.2) is 17.0 Å². The summed E-state index contributed by atoms with van der Waals surface area (Å²) in [5.74, 6) is 0. The summed E-state index contributed by atoms with van der Waals surface area (Å²) in [5.41, 5.74) is 5.91. The van der Waals surface area contributed by atoms with Crippen LogP contribution in [0.4, 0.5) is 5.69 Å². The van der Waals surface area contributed by atoms with Gasteiger partial charge in [-0.05, 0) is 24.0 Å². The lowest BCUT2D eigenvalue weighted by Gasteiger charge is -2.18. The van der Waals surface area contributed by atoms with E-state index in [1.54, 1.807) is 0 Å². The molecule has 0 radical (unpaired) electrons. The fraction of sp³-hybridized carbons (Fsp3) is 0.500. The molecule has 1 aromatic carbocycles. The molecule has 0 spiro atoms. The van der Waals surface area contributed by atoms with Crippen molar-refractivity contribution >= 4 is 38.9 Å². The molecule has 0 fully saturated rings. The first-order valence-electron chi connectivity index (χ1n) is 5.77. The molecule has 0 aliphatic heterocycles. The minimum absolute atomic E-state index is 0.0215. The Labute approximate surface area is 124 Å². The van der Waals surface area contributed by atoms with E-state index in [0.717, 1.165) is 0 Å². The van der Waals surface area contributed by atoms with E-state index >= 15 is 0 Å². The summed E-state index contributed by atoms with van der Waals surface area (Å²) in [6, 6.07) is 2.73. The monoisotopic (exact) mass is 324 g/mol. The van der Waals surface area contributed by atoms with Gasteiger partial charge in [-0.1, -0.05) is 44.0 Å². The Balaban J connectivity index is 2.96. The van der Waals surface area contributed by atoms with Crippen molar-refractivity contribution in [2.24, 2.45) is 5.41 Å². The van der Waals surface area contributed by atoms with Gasteiger partial charge < -0.3 is 5.73 Å². The van der Waals surface area contributed by atoms with Gasteiger partial charge in [0.1, 0.15) is 4.90 Å². The van der Waals surface area contributed by atoms with Gasteiger partial charge in [0.25, 0.3) is 0 Å². The van der Waals surface area contributed by atoms with Crippen molar-refractivity contribution in [2.75, 3.05) is 12.3 Å². The summed E-state index contributed by atoms with van der Waals surface area (Å²) < 4.78 is 26.8. The summed E-state index contributed by atoms with van der Waals surface area (Å²) in [4.78, 5) is -0.126. The predicted molar refractivity (Wildman–Crippen MR) is 80.1 cm³/mol. The summed E-state index contributed by atoms with van der Waals surface area (Å²) >= 11 is 11.8. The molecule has 1 aromatic rings. The van der Waals surface area contributed by atoms with Gasteiger partial charge >= 0.3 is 0 Å². The highest BCUT2D eigenvalue weighted by atomic mass is 35.5. The normalized spacial score (nSPS) is 12.7. The third kappa shape index (κ3) is 4.84. The van der Waals surface area contributed by atoms with Gasteiger partial charge in [-0.25, -0.2) is 13.1 Å². The van der Waals surface area contributed by atoms with Gasteiger partial charge in [-0.3, -0.25) is 0 Å². The molecule has 0 saturated heterocycles. The molecular weight excluding hydrogens is 307 g/mol. The second kappa shape index (κ2) is 5.87. The van der Waals surface area contributed by atoms with Crippen LogP contribution in [0, 0.1) is 5.41 Å². The lowest BCUT2D eigenvalue weighted by atomic mass is 9.93. The van der Waals surface area contributed by atoms with E-state index in [9.17, 15) is 8.42 Å². The summed E-state index contributed by atoms with van der Waals surface area (Å²) in [6.45, 7) is 6.42. The minimum Gasteiger partial charge on any atom is -0.399 e. The number of rotatable bonds is 4. The molecule has 0 unspecified atom stereocenters. The molecule has 1 rings (SSSR count). The molecule has 4 nitrogen and oxygen atoms in total. The molecule has 0 heterocycles. The molecule has 19 heavy (non-hydrogen) atoms. The number of hydrogen-bond donors (Lipinski definition) is 2. The van der Waals surface area contributed by atoms with Crippen molar-refractivity contribution in [3.63, 3.8) is 0 Å². The van der Waals surface area contributed by atoms with Crippen LogP contribution in [0.2, 0.25) is 10.0 Å². The van der Waals surface area contributed by atoms with E-state index in [2.05, 4.69) is 4.72 Å². The zero-order valence-corrected chi connectivity index (χ0v) is 13.5.